The molecule has 0 bridgehead atoms. The highest BCUT2D eigenvalue weighted by Gasteiger charge is 2.25. The number of carbonyl (C=O) groups is 2. The van der Waals surface area contributed by atoms with E-state index in [1.807, 2.05) is 60.1 Å². The standard InChI is InChI=1S/C21H40O6Si2/c1-20(2,3)24-18(23)14-16(22)13-17(26-28(7,8)9)15-19(25-21(4,5)6)27-29(10,11)12/h13,15H,14H2,1-12H3/b17-13+,19-15-. The topological polar surface area (TPSA) is 71.1 Å². The van der Waals surface area contributed by atoms with Crippen molar-refractivity contribution in [2.45, 2.75) is 98.4 Å². The van der Waals surface area contributed by atoms with E-state index in [9.17, 15) is 9.59 Å². The van der Waals surface area contributed by atoms with E-state index in [1.54, 1.807) is 26.8 Å². The van der Waals surface area contributed by atoms with Gasteiger partial charge in [0.25, 0.3) is 5.95 Å². The van der Waals surface area contributed by atoms with Crippen molar-refractivity contribution in [3.8, 4) is 0 Å². The number of carbonyl (C=O) groups excluding carboxylic acids is 2. The summed E-state index contributed by atoms with van der Waals surface area (Å²) in [6.45, 7) is 23.2. The second-order valence-corrected chi connectivity index (χ2v) is 19.7. The van der Waals surface area contributed by atoms with Crippen LogP contribution in [-0.2, 0) is 27.9 Å². The largest absolute Gasteiger partial charge is 0.544 e. The third kappa shape index (κ3) is 17.1. The Morgan fingerprint density at radius 1 is 0.724 bits per heavy atom. The summed E-state index contributed by atoms with van der Waals surface area (Å²) >= 11 is 0. The Morgan fingerprint density at radius 2 is 1.17 bits per heavy atom. The quantitative estimate of drug-likeness (QED) is 0.116. The minimum Gasteiger partial charge on any atom is -0.544 e. The van der Waals surface area contributed by atoms with Crippen molar-refractivity contribution in [3.05, 3.63) is 23.9 Å². The number of rotatable bonds is 9. The van der Waals surface area contributed by atoms with Gasteiger partial charge in [-0.3, -0.25) is 9.59 Å². The fourth-order valence-corrected chi connectivity index (χ4v) is 3.51. The minimum absolute atomic E-state index is 0.311. The molecule has 6 nitrogen and oxygen atoms in total. The summed E-state index contributed by atoms with van der Waals surface area (Å²) in [6.07, 6.45) is 2.57. The van der Waals surface area contributed by atoms with E-state index >= 15 is 0 Å². The van der Waals surface area contributed by atoms with Crippen molar-refractivity contribution in [2.75, 3.05) is 0 Å². The van der Waals surface area contributed by atoms with Crippen molar-refractivity contribution < 1.29 is 27.9 Å². The Morgan fingerprint density at radius 3 is 1.55 bits per heavy atom. The molecule has 0 amide bonds. The van der Waals surface area contributed by atoms with Crippen molar-refractivity contribution in [1.82, 2.24) is 0 Å². The maximum atomic E-state index is 12.4. The SMILES string of the molecule is CC(C)(C)OC(=O)CC(=O)/C=C(\C=C(\OC(C)(C)C)O[Si](C)(C)C)O[Si](C)(C)C. The summed E-state index contributed by atoms with van der Waals surface area (Å²) in [6, 6.07) is 0. The highest BCUT2D eigenvalue weighted by atomic mass is 28.4. The predicted molar refractivity (Wildman–Crippen MR) is 121 cm³/mol. The average molecular weight is 445 g/mol. The highest BCUT2D eigenvalue weighted by Crippen LogP contribution is 2.22. The molecule has 0 saturated heterocycles. The molecule has 0 aromatic rings. The van der Waals surface area contributed by atoms with E-state index in [-0.39, 0.29) is 6.42 Å². The Balaban J connectivity index is 5.81. The van der Waals surface area contributed by atoms with Crippen LogP contribution in [0.1, 0.15) is 48.0 Å². The molecule has 0 aliphatic heterocycles. The van der Waals surface area contributed by atoms with Crippen LogP contribution in [-0.4, -0.2) is 39.6 Å². The molecule has 0 radical (unpaired) electrons. The first-order chi connectivity index (χ1) is 12.7. The van der Waals surface area contributed by atoms with E-state index in [2.05, 4.69) is 0 Å². The number of hydrogen-bond acceptors (Lipinski definition) is 6. The van der Waals surface area contributed by atoms with Crippen LogP contribution in [0.25, 0.3) is 0 Å². The number of ether oxygens (including phenoxy) is 2. The van der Waals surface area contributed by atoms with Crippen LogP contribution in [0.5, 0.6) is 0 Å². The molecule has 0 saturated carbocycles. The summed E-state index contributed by atoms with van der Waals surface area (Å²) < 4.78 is 23.3. The second kappa shape index (κ2) is 9.97. The molecular weight excluding hydrogens is 404 g/mol. The Kier molecular flexibility index (Phi) is 9.44. The third-order valence-corrected chi connectivity index (χ3v) is 4.20. The summed E-state index contributed by atoms with van der Waals surface area (Å²) in [5, 5.41) is 0. The van der Waals surface area contributed by atoms with Gasteiger partial charge in [-0.25, -0.2) is 0 Å². The number of ketones is 1. The van der Waals surface area contributed by atoms with Crippen LogP contribution < -0.4 is 0 Å². The van der Waals surface area contributed by atoms with E-state index in [1.165, 1.54) is 6.08 Å². The predicted octanol–water partition coefficient (Wildman–Crippen LogP) is 5.53. The fraction of sp³-hybridized carbons (Fsp3) is 0.714. The summed E-state index contributed by atoms with van der Waals surface area (Å²) in [4.78, 5) is 24.4. The highest BCUT2D eigenvalue weighted by molar-refractivity contribution is 6.70. The van der Waals surface area contributed by atoms with Crippen LogP contribution in [0.2, 0.25) is 39.3 Å². The number of esters is 1. The lowest BCUT2D eigenvalue weighted by molar-refractivity contribution is -0.155. The van der Waals surface area contributed by atoms with Gasteiger partial charge >= 0.3 is 5.97 Å². The maximum Gasteiger partial charge on any atom is 0.314 e. The van der Waals surface area contributed by atoms with Crippen LogP contribution in [0.3, 0.4) is 0 Å². The van der Waals surface area contributed by atoms with Crippen molar-refractivity contribution in [2.24, 2.45) is 0 Å². The molecule has 0 heterocycles. The van der Waals surface area contributed by atoms with E-state index in [0.29, 0.717) is 11.7 Å². The van der Waals surface area contributed by atoms with Crippen LogP contribution >= 0.6 is 0 Å². The average Bonchev–Trinajstić information content (AvgIpc) is 2.27. The fourth-order valence-electron chi connectivity index (χ4n) is 1.98. The zero-order valence-electron chi connectivity index (χ0n) is 20.3. The monoisotopic (exact) mass is 444 g/mol. The summed E-state index contributed by atoms with van der Waals surface area (Å²) in [5.41, 5.74) is -1.12. The molecule has 0 spiro atoms. The molecule has 0 aromatic heterocycles. The van der Waals surface area contributed by atoms with Crippen molar-refractivity contribution in [1.29, 1.82) is 0 Å². The Bertz CT molecular complexity index is 620. The lowest BCUT2D eigenvalue weighted by Crippen LogP contribution is -2.30. The Labute approximate surface area is 178 Å². The molecule has 0 N–H and O–H groups in total. The molecular formula is C21H40O6Si2. The summed E-state index contributed by atoms with van der Waals surface area (Å²) in [5.74, 6) is -0.326. The molecule has 0 unspecified atom stereocenters. The summed E-state index contributed by atoms with van der Waals surface area (Å²) in [7, 11) is -3.99. The van der Waals surface area contributed by atoms with Gasteiger partial charge in [-0.05, 0) is 80.8 Å². The molecule has 8 heteroatoms. The maximum absolute atomic E-state index is 12.4. The molecule has 29 heavy (non-hydrogen) atoms. The van der Waals surface area contributed by atoms with Crippen molar-refractivity contribution >= 4 is 28.4 Å². The van der Waals surface area contributed by atoms with Gasteiger partial charge in [-0.2, -0.15) is 0 Å². The van der Waals surface area contributed by atoms with Gasteiger partial charge in [0.05, 0.1) is 6.08 Å². The zero-order chi connectivity index (χ0) is 23.3. The first kappa shape index (κ1) is 27.5. The van der Waals surface area contributed by atoms with Crippen LogP contribution in [0.15, 0.2) is 23.9 Å². The molecule has 0 aliphatic rings. The number of allylic oxidation sites excluding steroid dienone is 2. The van der Waals surface area contributed by atoms with Crippen LogP contribution in [0.4, 0.5) is 0 Å². The molecule has 0 aliphatic carbocycles. The first-order valence-electron chi connectivity index (χ1n) is 9.90. The van der Waals surface area contributed by atoms with Gasteiger partial charge in [0.2, 0.25) is 16.6 Å². The van der Waals surface area contributed by atoms with Crippen LogP contribution in [0, 0.1) is 0 Å². The lowest BCUT2D eigenvalue weighted by atomic mass is 10.2. The van der Waals surface area contributed by atoms with Gasteiger partial charge in [-0.1, -0.05) is 0 Å². The smallest absolute Gasteiger partial charge is 0.314 e. The second-order valence-electron chi connectivity index (χ2n) is 10.9. The molecule has 0 aromatic carbocycles. The normalized spacial score (nSPS) is 14.3. The lowest BCUT2D eigenvalue weighted by Gasteiger charge is -2.29. The first-order valence-corrected chi connectivity index (χ1v) is 16.7. The van der Waals surface area contributed by atoms with E-state index in [4.69, 9.17) is 18.3 Å². The van der Waals surface area contributed by atoms with Gasteiger partial charge in [0, 0.05) is 6.08 Å². The van der Waals surface area contributed by atoms with Crippen molar-refractivity contribution in [3.63, 3.8) is 0 Å². The molecule has 0 fully saturated rings. The molecule has 0 atom stereocenters. The third-order valence-electron chi connectivity index (χ3n) is 2.54. The van der Waals surface area contributed by atoms with Gasteiger partial charge < -0.3 is 18.3 Å². The Hall–Kier alpha value is -1.55. The minimum atomic E-state index is -2.03. The van der Waals surface area contributed by atoms with Gasteiger partial charge in [0.1, 0.15) is 23.4 Å². The number of hydrogen-bond donors (Lipinski definition) is 0. The van der Waals surface area contributed by atoms with E-state index < -0.39 is 39.6 Å². The van der Waals surface area contributed by atoms with Gasteiger partial charge in [-0.15, -0.1) is 0 Å². The van der Waals surface area contributed by atoms with Gasteiger partial charge in [0.15, 0.2) is 5.78 Å². The van der Waals surface area contributed by atoms with E-state index in [0.717, 1.165) is 0 Å². The molecule has 0 rings (SSSR count). The zero-order valence-corrected chi connectivity index (χ0v) is 22.3. The molecule has 168 valence electrons.